The van der Waals surface area contributed by atoms with Crippen LogP contribution in [0.2, 0.25) is 0 Å². The van der Waals surface area contributed by atoms with Crippen LogP contribution in [-0.2, 0) is 20.4 Å². The number of hydrogen-bond acceptors (Lipinski definition) is 10. The number of aliphatic hydroxyl groups excluding tert-OH is 2. The number of imidazole rings is 1. The van der Waals surface area contributed by atoms with Gasteiger partial charge in [0.15, 0.2) is 17.7 Å². The lowest BCUT2D eigenvalue weighted by Gasteiger charge is -2.16. The number of carboxylic acids is 1. The van der Waals surface area contributed by atoms with Crippen molar-refractivity contribution in [2.24, 2.45) is 5.73 Å². The van der Waals surface area contributed by atoms with Crippen LogP contribution < -0.4 is 16.6 Å². The standard InChI is InChI=1S/C19H30N6O5S/c1-31(7-5-3-2-4-6-11(20)19(28)29)8-12-14(26)15(27)18(30-12)25-10-24-13-16(21)22-9-23-17(13)25/h9-12,14-15,18,26-27H,2-8,20H2,1H3,(H2-,21,22,23,28,29)/t11?,12-,14-,15-,18-,31?/m1/s1. The minimum Gasteiger partial charge on any atom is -0.548 e. The third-order valence-electron chi connectivity index (χ3n) is 5.51. The number of carboxylic acid groups (broad SMARTS) is 1. The number of unbranched alkanes of at least 4 members (excludes halogenated alkanes) is 3. The molecule has 2 aromatic heterocycles. The van der Waals surface area contributed by atoms with Gasteiger partial charge in [0, 0.05) is 6.04 Å². The van der Waals surface area contributed by atoms with Gasteiger partial charge in [-0.2, -0.15) is 0 Å². The summed E-state index contributed by atoms with van der Waals surface area (Å²) in [4.78, 5) is 22.9. The van der Waals surface area contributed by atoms with Crippen molar-refractivity contribution in [3.05, 3.63) is 12.7 Å². The van der Waals surface area contributed by atoms with E-state index in [1.165, 1.54) is 12.7 Å². The van der Waals surface area contributed by atoms with Gasteiger partial charge < -0.3 is 36.3 Å². The van der Waals surface area contributed by atoms with Gasteiger partial charge >= 0.3 is 0 Å². The zero-order valence-corrected chi connectivity index (χ0v) is 18.3. The fourth-order valence-corrected chi connectivity index (χ4v) is 5.40. The highest BCUT2D eigenvalue weighted by Crippen LogP contribution is 2.32. The third-order valence-corrected chi connectivity index (χ3v) is 7.39. The number of rotatable bonds is 11. The number of aliphatic hydroxyl groups is 2. The molecule has 3 heterocycles. The molecule has 172 valence electrons. The van der Waals surface area contributed by atoms with Crippen LogP contribution in [0, 0.1) is 0 Å². The predicted molar refractivity (Wildman–Crippen MR) is 115 cm³/mol. The van der Waals surface area contributed by atoms with Gasteiger partial charge in [-0.25, -0.2) is 15.0 Å². The molecular formula is C19H30N6O5S. The molecule has 1 aliphatic heterocycles. The maximum absolute atomic E-state index is 10.6. The first-order chi connectivity index (χ1) is 14.8. The largest absolute Gasteiger partial charge is 0.548 e. The van der Waals surface area contributed by atoms with Crippen molar-refractivity contribution in [3.8, 4) is 0 Å². The second kappa shape index (κ2) is 10.6. The molecule has 6 atom stereocenters. The maximum atomic E-state index is 10.6. The second-order valence-electron chi connectivity index (χ2n) is 7.91. The summed E-state index contributed by atoms with van der Waals surface area (Å²) < 4.78 is 7.57. The zero-order chi connectivity index (χ0) is 22.5. The molecule has 1 saturated heterocycles. The van der Waals surface area contributed by atoms with Crippen molar-refractivity contribution in [2.45, 2.75) is 62.7 Å². The first kappa shape index (κ1) is 23.7. The van der Waals surface area contributed by atoms with Crippen molar-refractivity contribution in [1.29, 1.82) is 0 Å². The molecule has 2 unspecified atom stereocenters. The van der Waals surface area contributed by atoms with Gasteiger partial charge in [0.05, 0.1) is 18.6 Å². The van der Waals surface area contributed by atoms with E-state index in [1.807, 2.05) is 0 Å². The van der Waals surface area contributed by atoms with Crippen molar-refractivity contribution in [3.63, 3.8) is 0 Å². The summed E-state index contributed by atoms with van der Waals surface area (Å²) in [7, 11) is -0.00496. The Bertz CT molecular complexity index is 883. The molecule has 1 fully saturated rings. The number of hydrogen-bond donors (Lipinski definition) is 4. The van der Waals surface area contributed by atoms with Gasteiger partial charge in [-0.05, 0) is 30.2 Å². The molecule has 1 aliphatic rings. The number of ether oxygens (including phenoxy) is 1. The molecule has 0 spiro atoms. The summed E-state index contributed by atoms with van der Waals surface area (Å²) >= 11 is 0. The highest BCUT2D eigenvalue weighted by molar-refractivity contribution is 7.96. The van der Waals surface area contributed by atoms with E-state index >= 15 is 0 Å². The Kier molecular flexibility index (Phi) is 8.06. The number of carbonyl (C=O) groups excluding carboxylic acids is 1. The van der Waals surface area contributed by atoms with Crippen LogP contribution in [0.3, 0.4) is 0 Å². The summed E-state index contributed by atoms with van der Waals surface area (Å²) in [5, 5.41) is 31.7. The molecule has 0 aliphatic carbocycles. The van der Waals surface area contributed by atoms with Crippen LogP contribution in [0.4, 0.5) is 5.82 Å². The van der Waals surface area contributed by atoms with Gasteiger partial charge in [-0.1, -0.05) is 12.8 Å². The number of nitrogens with zero attached hydrogens (tertiary/aromatic N) is 4. The Balaban J connectivity index is 1.46. The van der Waals surface area contributed by atoms with Gasteiger partial charge in [-0.3, -0.25) is 4.57 Å². The molecule has 3 rings (SSSR count). The molecule has 0 bridgehead atoms. The van der Waals surface area contributed by atoms with E-state index in [1.54, 1.807) is 4.57 Å². The lowest BCUT2D eigenvalue weighted by molar-refractivity contribution is -0.307. The van der Waals surface area contributed by atoms with Crippen molar-refractivity contribution in [1.82, 2.24) is 19.5 Å². The summed E-state index contributed by atoms with van der Waals surface area (Å²) in [6, 6.07) is -0.892. The van der Waals surface area contributed by atoms with Crippen LogP contribution >= 0.6 is 0 Å². The Morgan fingerprint density at radius 3 is 2.74 bits per heavy atom. The molecule has 11 nitrogen and oxygen atoms in total. The van der Waals surface area contributed by atoms with E-state index in [-0.39, 0.29) is 16.7 Å². The lowest BCUT2D eigenvalue weighted by Crippen LogP contribution is -2.41. The Hall–Kier alpha value is -1.99. The molecule has 2 aromatic rings. The molecule has 12 heteroatoms. The fourth-order valence-electron chi connectivity index (χ4n) is 3.70. The summed E-state index contributed by atoms with van der Waals surface area (Å²) in [5.41, 5.74) is 12.1. The number of aliphatic carboxylic acids is 1. The molecule has 0 saturated carbocycles. The van der Waals surface area contributed by atoms with E-state index in [0.717, 1.165) is 31.4 Å². The van der Waals surface area contributed by atoms with Crippen molar-refractivity contribution in [2.75, 3.05) is 23.5 Å². The average molecular weight is 455 g/mol. The maximum Gasteiger partial charge on any atom is 0.167 e. The number of fused-ring (bicyclic) bond motifs is 1. The van der Waals surface area contributed by atoms with E-state index in [4.69, 9.17) is 16.2 Å². The van der Waals surface area contributed by atoms with Crippen molar-refractivity contribution >= 4 is 33.8 Å². The first-order valence-electron chi connectivity index (χ1n) is 10.3. The van der Waals surface area contributed by atoms with Gasteiger partial charge in [0.2, 0.25) is 0 Å². The molecule has 0 aromatic carbocycles. The Morgan fingerprint density at radius 1 is 1.26 bits per heavy atom. The number of nitrogens with two attached hydrogens (primary N) is 2. The topological polar surface area (TPSA) is 185 Å². The lowest BCUT2D eigenvalue weighted by atomic mass is 10.1. The number of aromatic nitrogens is 4. The Labute approximate surface area is 183 Å². The average Bonchev–Trinajstić information content (AvgIpc) is 3.27. The smallest absolute Gasteiger partial charge is 0.167 e. The third kappa shape index (κ3) is 5.63. The quantitative estimate of drug-likeness (QED) is 0.225. The highest BCUT2D eigenvalue weighted by Gasteiger charge is 2.46. The van der Waals surface area contributed by atoms with E-state index in [0.29, 0.717) is 23.3 Å². The van der Waals surface area contributed by atoms with Crippen LogP contribution in [0.5, 0.6) is 0 Å². The minimum absolute atomic E-state index is 0.00496. The van der Waals surface area contributed by atoms with Crippen LogP contribution in [0.15, 0.2) is 12.7 Å². The summed E-state index contributed by atoms with van der Waals surface area (Å²) in [6.45, 7) is 0. The molecular weight excluding hydrogens is 424 g/mol. The molecule has 0 amide bonds. The highest BCUT2D eigenvalue weighted by atomic mass is 32.2. The normalized spacial score (nSPS) is 25.7. The second-order valence-corrected chi connectivity index (χ2v) is 10.2. The van der Waals surface area contributed by atoms with E-state index < -0.39 is 36.6 Å². The van der Waals surface area contributed by atoms with Crippen LogP contribution in [0.25, 0.3) is 11.2 Å². The van der Waals surface area contributed by atoms with Crippen LogP contribution in [0.1, 0.15) is 38.3 Å². The van der Waals surface area contributed by atoms with Crippen molar-refractivity contribution < 1.29 is 24.9 Å². The molecule has 6 N–H and O–H groups in total. The fraction of sp³-hybridized carbons (Fsp3) is 0.684. The van der Waals surface area contributed by atoms with Gasteiger partial charge in [-0.15, -0.1) is 0 Å². The zero-order valence-electron chi connectivity index (χ0n) is 17.5. The number of carbonyl (C=O) groups is 1. The monoisotopic (exact) mass is 454 g/mol. The SMILES string of the molecule is C[S+](CCCCCCC(N)C(=O)[O-])C[C@H]1O[C@@H](n2cnc3c(N)ncnc32)[C@H](O)[C@@H]1O. The van der Waals surface area contributed by atoms with E-state index in [9.17, 15) is 20.1 Å². The summed E-state index contributed by atoms with van der Waals surface area (Å²) in [6.07, 6.45) is 5.59. The number of nitrogen functional groups attached to an aromatic ring is 1. The summed E-state index contributed by atoms with van der Waals surface area (Å²) in [5.74, 6) is 0.640. The minimum atomic E-state index is -1.20. The van der Waals surface area contributed by atoms with Gasteiger partial charge in [0.1, 0.15) is 41.7 Å². The van der Waals surface area contributed by atoms with E-state index in [2.05, 4.69) is 21.2 Å². The van der Waals surface area contributed by atoms with Gasteiger partial charge in [0.25, 0.3) is 0 Å². The van der Waals surface area contributed by atoms with Crippen LogP contribution in [-0.4, -0.2) is 77.8 Å². The number of anilines is 1. The first-order valence-corrected chi connectivity index (χ1v) is 12.3. The molecule has 0 radical (unpaired) electrons. The predicted octanol–water partition coefficient (Wildman–Crippen LogP) is -1.70. The Morgan fingerprint density at radius 2 is 2.00 bits per heavy atom. The molecule has 31 heavy (non-hydrogen) atoms.